The highest BCUT2D eigenvalue weighted by molar-refractivity contribution is 6.85. The van der Waals surface area contributed by atoms with Crippen molar-refractivity contribution in [3.63, 3.8) is 0 Å². The minimum absolute atomic E-state index is 0.156. The van der Waals surface area contributed by atoms with Gasteiger partial charge in [0.15, 0.2) is 8.24 Å². The van der Waals surface area contributed by atoms with E-state index in [1.165, 1.54) is 0 Å². The van der Waals surface area contributed by atoms with Crippen molar-refractivity contribution in [1.29, 1.82) is 0 Å². The molecule has 2 heteroatoms. The predicted octanol–water partition coefficient (Wildman–Crippen LogP) is 2.40. The standard InChI is InChI=1S/C9H19NSi/c1-7-11(6,8-2)10-9(3,4)5/h7-8,10H,1-2H2,3-6H3. The molecule has 0 aromatic carbocycles. The molecule has 0 aromatic rings. The van der Waals surface area contributed by atoms with Gasteiger partial charge in [0.25, 0.3) is 0 Å². The highest BCUT2D eigenvalue weighted by atomic mass is 28.3. The average molecular weight is 169 g/mol. The highest BCUT2D eigenvalue weighted by Crippen LogP contribution is 2.08. The first kappa shape index (κ1) is 10.7. The van der Waals surface area contributed by atoms with Crippen LogP contribution in [0, 0.1) is 0 Å². The van der Waals surface area contributed by atoms with Crippen LogP contribution in [0.25, 0.3) is 0 Å². The van der Waals surface area contributed by atoms with Crippen molar-refractivity contribution in [3.05, 3.63) is 24.6 Å². The van der Waals surface area contributed by atoms with Crippen LogP contribution in [0.2, 0.25) is 6.55 Å². The number of hydrogen-bond donors (Lipinski definition) is 1. The summed E-state index contributed by atoms with van der Waals surface area (Å²) >= 11 is 0. The lowest BCUT2D eigenvalue weighted by atomic mass is 10.1. The Labute approximate surface area is 71.3 Å². The molecule has 0 unspecified atom stereocenters. The van der Waals surface area contributed by atoms with Crippen molar-refractivity contribution in [2.45, 2.75) is 32.9 Å². The van der Waals surface area contributed by atoms with E-state index in [0.29, 0.717) is 0 Å². The first-order valence-electron chi connectivity index (χ1n) is 3.89. The van der Waals surface area contributed by atoms with Gasteiger partial charge in [-0.1, -0.05) is 11.4 Å². The van der Waals surface area contributed by atoms with E-state index in [2.05, 4.69) is 45.5 Å². The topological polar surface area (TPSA) is 12.0 Å². The van der Waals surface area contributed by atoms with E-state index in [-0.39, 0.29) is 5.54 Å². The third-order valence-electron chi connectivity index (χ3n) is 1.49. The molecule has 0 aliphatic heterocycles. The number of nitrogens with one attached hydrogen (secondary N) is 1. The molecule has 1 N–H and O–H groups in total. The molecule has 0 aliphatic carbocycles. The van der Waals surface area contributed by atoms with E-state index in [1.807, 2.05) is 11.4 Å². The van der Waals surface area contributed by atoms with Crippen LogP contribution < -0.4 is 4.98 Å². The van der Waals surface area contributed by atoms with Crippen molar-refractivity contribution in [2.75, 3.05) is 0 Å². The summed E-state index contributed by atoms with van der Waals surface area (Å²) in [6.45, 7) is 16.3. The normalized spacial score (nSPS) is 12.7. The molecule has 0 bridgehead atoms. The smallest absolute Gasteiger partial charge is 0.171 e. The van der Waals surface area contributed by atoms with Crippen molar-refractivity contribution in [1.82, 2.24) is 4.98 Å². The third kappa shape index (κ3) is 4.17. The van der Waals surface area contributed by atoms with Gasteiger partial charge in [0.1, 0.15) is 0 Å². The van der Waals surface area contributed by atoms with Gasteiger partial charge >= 0.3 is 0 Å². The Morgan fingerprint density at radius 2 is 1.55 bits per heavy atom. The van der Waals surface area contributed by atoms with Crippen LogP contribution in [-0.2, 0) is 0 Å². The lowest BCUT2D eigenvalue weighted by Crippen LogP contribution is -2.54. The van der Waals surface area contributed by atoms with Crippen LogP contribution in [0.3, 0.4) is 0 Å². The summed E-state index contributed by atoms with van der Waals surface area (Å²) in [4.78, 5) is 3.53. The summed E-state index contributed by atoms with van der Waals surface area (Å²) in [5.41, 5.74) is 4.17. The Kier molecular flexibility index (Phi) is 3.26. The quantitative estimate of drug-likeness (QED) is 0.640. The molecule has 0 saturated carbocycles. The van der Waals surface area contributed by atoms with Crippen LogP contribution in [0.1, 0.15) is 20.8 Å². The van der Waals surface area contributed by atoms with Gasteiger partial charge in [0.05, 0.1) is 0 Å². The van der Waals surface area contributed by atoms with Crippen LogP contribution in [0.5, 0.6) is 0 Å². The lowest BCUT2D eigenvalue weighted by molar-refractivity contribution is 0.516. The lowest BCUT2D eigenvalue weighted by Gasteiger charge is -2.31. The van der Waals surface area contributed by atoms with Crippen molar-refractivity contribution in [2.24, 2.45) is 0 Å². The molecule has 0 fully saturated rings. The maximum Gasteiger partial charge on any atom is 0.171 e. The average Bonchev–Trinajstić information content (AvgIpc) is 1.84. The molecule has 0 amide bonds. The molecular formula is C9H19NSi. The number of rotatable bonds is 3. The summed E-state index contributed by atoms with van der Waals surface area (Å²) in [7, 11) is -1.55. The van der Waals surface area contributed by atoms with Crippen LogP contribution in [-0.4, -0.2) is 13.8 Å². The second-order valence-electron chi connectivity index (χ2n) is 4.07. The Morgan fingerprint density at radius 1 is 1.18 bits per heavy atom. The molecule has 0 aliphatic rings. The SMILES string of the molecule is C=C[Si](C)(C=C)NC(C)(C)C. The Morgan fingerprint density at radius 3 is 1.64 bits per heavy atom. The Balaban J connectivity index is 4.31. The van der Waals surface area contributed by atoms with E-state index in [1.54, 1.807) is 0 Å². The summed E-state index contributed by atoms with van der Waals surface area (Å²) < 4.78 is 0. The largest absolute Gasteiger partial charge is 0.326 e. The molecule has 0 heterocycles. The third-order valence-corrected chi connectivity index (χ3v) is 4.48. The molecule has 64 valence electrons. The molecule has 0 atom stereocenters. The van der Waals surface area contributed by atoms with Gasteiger partial charge < -0.3 is 4.98 Å². The van der Waals surface area contributed by atoms with Crippen LogP contribution in [0.15, 0.2) is 24.6 Å². The van der Waals surface area contributed by atoms with E-state index in [0.717, 1.165) is 0 Å². The van der Waals surface area contributed by atoms with Gasteiger partial charge in [-0.05, 0) is 27.3 Å². The molecule has 0 rings (SSSR count). The van der Waals surface area contributed by atoms with Crippen molar-refractivity contribution >= 4 is 8.24 Å². The van der Waals surface area contributed by atoms with E-state index >= 15 is 0 Å². The van der Waals surface area contributed by atoms with Gasteiger partial charge in [-0.2, -0.15) is 0 Å². The van der Waals surface area contributed by atoms with Gasteiger partial charge in [-0.3, -0.25) is 0 Å². The maximum atomic E-state index is 3.82. The minimum Gasteiger partial charge on any atom is -0.326 e. The molecule has 0 aromatic heterocycles. The van der Waals surface area contributed by atoms with Crippen molar-refractivity contribution < 1.29 is 0 Å². The zero-order chi connectivity index (χ0) is 9.12. The van der Waals surface area contributed by atoms with Gasteiger partial charge in [0, 0.05) is 5.54 Å². The zero-order valence-corrected chi connectivity index (χ0v) is 9.07. The number of hydrogen-bond acceptors (Lipinski definition) is 1. The fraction of sp³-hybridized carbons (Fsp3) is 0.556. The van der Waals surface area contributed by atoms with Crippen molar-refractivity contribution in [3.8, 4) is 0 Å². The summed E-state index contributed by atoms with van der Waals surface area (Å²) in [6.07, 6.45) is 0. The minimum atomic E-state index is -1.55. The second kappa shape index (κ2) is 3.37. The Hall–Kier alpha value is -0.343. The summed E-state index contributed by atoms with van der Waals surface area (Å²) in [6, 6.07) is 0. The first-order valence-corrected chi connectivity index (χ1v) is 6.55. The fourth-order valence-corrected chi connectivity index (χ4v) is 2.98. The molecule has 0 radical (unpaired) electrons. The van der Waals surface area contributed by atoms with E-state index in [4.69, 9.17) is 0 Å². The second-order valence-corrected chi connectivity index (χ2v) is 7.70. The van der Waals surface area contributed by atoms with E-state index in [9.17, 15) is 0 Å². The highest BCUT2D eigenvalue weighted by Gasteiger charge is 2.24. The molecule has 11 heavy (non-hydrogen) atoms. The van der Waals surface area contributed by atoms with Crippen LogP contribution in [0.4, 0.5) is 0 Å². The summed E-state index contributed by atoms with van der Waals surface area (Å²) in [5.74, 6) is 0. The summed E-state index contributed by atoms with van der Waals surface area (Å²) in [5, 5.41) is 0. The molecular weight excluding hydrogens is 150 g/mol. The molecule has 0 spiro atoms. The fourth-order valence-electron chi connectivity index (χ4n) is 0.993. The van der Waals surface area contributed by atoms with Crippen LogP contribution >= 0.6 is 0 Å². The Bertz CT molecular complexity index is 147. The molecule has 1 nitrogen and oxygen atoms in total. The zero-order valence-electron chi connectivity index (χ0n) is 8.07. The van der Waals surface area contributed by atoms with Gasteiger partial charge in [0.2, 0.25) is 0 Å². The first-order chi connectivity index (χ1) is 4.83. The van der Waals surface area contributed by atoms with Gasteiger partial charge in [-0.15, -0.1) is 13.2 Å². The maximum absolute atomic E-state index is 3.82. The van der Waals surface area contributed by atoms with Gasteiger partial charge in [-0.25, -0.2) is 0 Å². The molecule has 0 saturated heterocycles. The van der Waals surface area contributed by atoms with E-state index < -0.39 is 8.24 Å². The monoisotopic (exact) mass is 169 g/mol. The predicted molar refractivity (Wildman–Crippen MR) is 54.9 cm³/mol.